The summed E-state index contributed by atoms with van der Waals surface area (Å²) in [5.74, 6) is 0. The number of hydrogen-bond acceptors (Lipinski definition) is 2. The van der Waals surface area contributed by atoms with Crippen molar-refractivity contribution in [3.8, 4) is 0 Å². The van der Waals surface area contributed by atoms with Crippen molar-refractivity contribution in [3.63, 3.8) is 0 Å². The Kier molecular flexibility index (Phi) is 8.56. The molecule has 2 nitrogen and oxygen atoms in total. The first-order valence-electron chi connectivity index (χ1n) is 8.12. The number of rotatable bonds is 10. The van der Waals surface area contributed by atoms with E-state index in [9.17, 15) is 0 Å². The van der Waals surface area contributed by atoms with Crippen LogP contribution >= 0.6 is 0 Å². The fraction of sp³-hybridized carbons (Fsp3) is 0.667. The average molecular weight is 277 g/mol. The van der Waals surface area contributed by atoms with E-state index in [1.165, 1.54) is 17.5 Å². The monoisotopic (exact) mass is 277 g/mol. The molecular weight excluding hydrogens is 246 g/mol. The molecule has 0 aliphatic rings. The minimum atomic E-state index is 0.316. The second kappa shape index (κ2) is 9.95. The quantitative estimate of drug-likeness (QED) is 0.695. The lowest BCUT2D eigenvalue weighted by atomic mass is 9.95. The highest BCUT2D eigenvalue weighted by atomic mass is 16.5. The van der Waals surface area contributed by atoms with Crippen molar-refractivity contribution < 1.29 is 4.74 Å². The normalized spacial score (nSPS) is 14.2. The van der Waals surface area contributed by atoms with Gasteiger partial charge in [0.05, 0.1) is 6.10 Å². The Balaban J connectivity index is 2.78. The van der Waals surface area contributed by atoms with E-state index in [1.54, 1.807) is 0 Å². The van der Waals surface area contributed by atoms with Gasteiger partial charge < -0.3 is 10.1 Å². The van der Waals surface area contributed by atoms with Crippen LogP contribution in [0.25, 0.3) is 0 Å². The predicted molar refractivity (Wildman–Crippen MR) is 87.3 cm³/mol. The average Bonchev–Trinajstić information content (AvgIpc) is 2.45. The molecule has 0 fully saturated rings. The standard InChI is InChI=1S/C18H31NO/c1-5-10-18(20-7-3)17(19-13-6-2)14-16-12-9-8-11-15(16)4/h8-9,11-12,17-19H,5-7,10,13-14H2,1-4H3. The molecule has 114 valence electrons. The summed E-state index contributed by atoms with van der Waals surface area (Å²) in [6, 6.07) is 9.09. The molecule has 0 heterocycles. The molecule has 0 saturated carbocycles. The van der Waals surface area contributed by atoms with Gasteiger partial charge in [-0.1, -0.05) is 44.5 Å². The van der Waals surface area contributed by atoms with Crippen LogP contribution < -0.4 is 5.32 Å². The number of aryl methyl sites for hydroxylation is 1. The van der Waals surface area contributed by atoms with Gasteiger partial charge in [0.2, 0.25) is 0 Å². The molecule has 2 atom stereocenters. The first-order chi connectivity index (χ1) is 9.72. The number of benzene rings is 1. The number of hydrogen-bond donors (Lipinski definition) is 1. The second-order valence-electron chi connectivity index (χ2n) is 5.47. The van der Waals surface area contributed by atoms with Crippen molar-refractivity contribution in [1.29, 1.82) is 0 Å². The highest BCUT2D eigenvalue weighted by Crippen LogP contribution is 2.16. The molecule has 0 saturated heterocycles. The molecule has 2 unspecified atom stereocenters. The third kappa shape index (κ3) is 5.64. The van der Waals surface area contributed by atoms with Gasteiger partial charge in [0, 0.05) is 12.6 Å². The van der Waals surface area contributed by atoms with Crippen LogP contribution in [0.15, 0.2) is 24.3 Å². The molecule has 0 bridgehead atoms. The van der Waals surface area contributed by atoms with Crippen LogP contribution in [0.4, 0.5) is 0 Å². The summed E-state index contributed by atoms with van der Waals surface area (Å²) in [6.07, 6.45) is 4.83. The van der Waals surface area contributed by atoms with Crippen LogP contribution in [0.5, 0.6) is 0 Å². The van der Waals surface area contributed by atoms with Gasteiger partial charge in [-0.25, -0.2) is 0 Å². The Labute approximate surface area is 124 Å². The lowest BCUT2D eigenvalue weighted by molar-refractivity contribution is 0.0281. The smallest absolute Gasteiger partial charge is 0.0731 e. The Morgan fingerprint density at radius 2 is 1.85 bits per heavy atom. The minimum Gasteiger partial charge on any atom is -0.377 e. The number of nitrogens with one attached hydrogen (secondary N) is 1. The van der Waals surface area contributed by atoms with Gasteiger partial charge in [-0.15, -0.1) is 0 Å². The van der Waals surface area contributed by atoms with Crippen LogP contribution in [0, 0.1) is 6.92 Å². The number of ether oxygens (including phenoxy) is 1. The molecule has 0 radical (unpaired) electrons. The van der Waals surface area contributed by atoms with E-state index in [4.69, 9.17) is 4.74 Å². The molecule has 20 heavy (non-hydrogen) atoms. The van der Waals surface area contributed by atoms with E-state index >= 15 is 0 Å². The molecule has 0 aromatic heterocycles. The van der Waals surface area contributed by atoms with Crippen LogP contribution in [0.3, 0.4) is 0 Å². The lowest BCUT2D eigenvalue weighted by Gasteiger charge is -2.28. The van der Waals surface area contributed by atoms with Crippen molar-refractivity contribution in [2.45, 2.75) is 65.5 Å². The molecule has 0 amide bonds. The van der Waals surface area contributed by atoms with Gasteiger partial charge in [-0.2, -0.15) is 0 Å². The Morgan fingerprint density at radius 3 is 2.45 bits per heavy atom. The first kappa shape index (κ1) is 17.2. The maximum atomic E-state index is 5.99. The SMILES string of the molecule is CCCNC(Cc1ccccc1C)C(CCC)OCC. The van der Waals surface area contributed by atoms with E-state index in [0.717, 1.165) is 32.4 Å². The highest BCUT2D eigenvalue weighted by Gasteiger charge is 2.21. The van der Waals surface area contributed by atoms with Crippen LogP contribution in [0.1, 0.15) is 51.2 Å². The molecule has 0 spiro atoms. The van der Waals surface area contributed by atoms with E-state index in [0.29, 0.717) is 12.1 Å². The highest BCUT2D eigenvalue weighted by molar-refractivity contribution is 5.26. The zero-order chi connectivity index (χ0) is 14.8. The van der Waals surface area contributed by atoms with Gasteiger partial charge in [-0.05, 0) is 50.8 Å². The van der Waals surface area contributed by atoms with E-state index in [2.05, 4.69) is 57.3 Å². The van der Waals surface area contributed by atoms with Crippen molar-refractivity contribution in [2.24, 2.45) is 0 Å². The Morgan fingerprint density at radius 1 is 1.10 bits per heavy atom. The van der Waals surface area contributed by atoms with Gasteiger partial charge in [0.25, 0.3) is 0 Å². The van der Waals surface area contributed by atoms with Crippen LogP contribution in [0.2, 0.25) is 0 Å². The summed E-state index contributed by atoms with van der Waals surface area (Å²) in [6.45, 7) is 10.6. The zero-order valence-electron chi connectivity index (χ0n) is 13.6. The van der Waals surface area contributed by atoms with Crippen molar-refractivity contribution in [3.05, 3.63) is 35.4 Å². The summed E-state index contributed by atoms with van der Waals surface area (Å²) in [5, 5.41) is 3.69. The molecule has 1 aromatic rings. The molecular formula is C18H31NO. The van der Waals surface area contributed by atoms with E-state index in [-0.39, 0.29) is 0 Å². The first-order valence-corrected chi connectivity index (χ1v) is 8.12. The van der Waals surface area contributed by atoms with Gasteiger partial charge in [0.1, 0.15) is 0 Å². The third-order valence-corrected chi connectivity index (χ3v) is 3.76. The molecule has 1 rings (SSSR count). The molecule has 2 heteroatoms. The summed E-state index contributed by atoms with van der Waals surface area (Å²) in [7, 11) is 0. The summed E-state index contributed by atoms with van der Waals surface area (Å²) in [4.78, 5) is 0. The molecule has 0 aliphatic carbocycles. The maximum Gasteiger partial charge on any atom is 0.0731 e. The van der Waals surface area contributed by atoms with Gasteiger partial charge in [0.15, 0.2) is 0 Å². The Hall–Kier alpha value is -0.860. The molecule has 0 aliphatic heterocycles. The maximum absolute atomic E-state index is 5.99. The summed E-state index contributed by atoms with van der Waals surface area (Å²) >= 11 is 0. The van der Waals surface area contributed by atoms with Crippen molar-refractivity contribution in [2.75, 3.05) is 13.2 Å². The third-order valence-electron chi connectivity index (χ3n) is 3.76. The summed E-state index contributed by atoms with van der Waals surface area (Å²) in [5.41, 5.74) is 2.81. The molecule has 1 N–H and O–H groups in total. The zero-order valence-corrected chi connectivity index (χ0v) is 13.6. The lowest BCUT2D eigenvalue weighted by Crippen LogP contribution is -2.43. The molecule has 1 aromatic carbocycles. The summed E-state index contributed by atoms with van der Waals surface area (Å²) < 4.78 is 5.99. The topological polar surface area (TPSA) is 21.3 Å². The van der Waals surface area contributed by atoms with Crippen molar-refractivity contribution in [1.82, 2.24) is 5.32 Å². The van der Waals surface area contributed by atoms with Crippen LogP contribution in [-0.4, -0.2) is 25.3 Å². The fourth-order valence-electron chi connectivity index (χ4n) is 2.64. The Bertz CT molecular complexity index is 358. The van der Waals surface area contributed by atoms with Gasteiger partial charge >= 0.3 is 0 Å². The largest absolute Gasteiger partial charge is 0.377 e. The fourth-order valence-corrected chi connectivity index (χ4v) is 2.64. The van der Waals surface area contributed by atoms with Crippen LogP contribution in [-0.2, 0) is 11.2 Å². The van der Waals surface area contributed by atoms with E-state index in [1.807, 2.05) is 0 Å². The van der Waals surface area contributed by atoms with Crippen molar-refractivity contribution >= 4 is 0 Å². The second-order valence-corrected chi connectivity index (χ2v) is 5.47. The minimum absolute atomic E-state index is 0.316. The van der Waals surface area contributed by atoms with E-state index < -0.39 is 0 Å². The van der Waals surface area contributed by atoms with Gasteiger partial charge in [-0.3, -0.25) is 0 Å². The predicted octanol–water partition coefficient (Wildman–Crippen LogP) is 4.11.